The standard InChI is InChI=1S/C30H36N6.C27H36N8.C26H34N8.C24H31N5/c1-35-28(33-34-30(35)26-14-6-3-7-15-26)23-36(27-18-10-16-25-17-11-20-32-29(25)27)21-9-8-19-31-22-24-12-4-2-5-13-24;1-34-24(32-33-26(34)22-10-3-2-4-11-22)20-35(19-6-5-15-29-27-30-17-9-18-31-27)23-14-7-12-21-13-8-16-28-25(21)23;1-33-23(31-32-25(33)21-9-3-2-4-10-21)19-34(18-6-5-14-28-26-29-16-17-30-26)22-13-7-11-20-12-8-15-27-24(20)22;1-3-4-16-29-22(17-19-10-6-5-7-11-19)26-27-23(29)18-28(2)21-14-8-12-20-13-9-15-25-24(20)21/h2-7,11-15,17,20,27,31H,8-10,16,18-19,21-23H2,1H3;2-4,8,10-11,13,16,23H,5-7,9,12,14-15,17-20H2,1H3,(H2,29,30,31);2-4,8-10,12,15,22H,5-7,11,13-14,16-19H2,1H3,(H2,28,29,30);5-7,9-11,13,15,21H,3-4,8,12,14,16-18H2,1-2H3. The van der Waals surface area contributed by atoms with E-state index in [1.165, 1.54) is 81.8 Å². The van der Waals surface area contributed by atoms with E-state index in [2.05, 4.69) is 296 Å². The summed E-state index contributed by atoms with van der Waals surface area (Å²) in [5.74, 6) is 9.73. The zero-order valence-electron chi connectivity index (χ0n) is 79.4. The van der Waals surface area contributed by atoms with Crippen LogP contribution in [0.5, 0.6) is 0 Å². The van der Waals surface area contributed by atoms with Gasteiger partial charge in [0.25, 0.3) is 0 Å². The van der Waals surface area contributed by atoms with E-state index in [4.69, 9.17) is 19.9 Å². The van der Waals surface area contributed by atoms with Crippen LogP contribution in [0.2, 0.25) is 0 Å². The molecule has 0 radical (unpaired) electrons. The first-order chi connectivity index (χ1) is 66.1. The number of rotatable bonds is 37. The van der Waals surface area contributed by atoms with Crippen LogP contribution in [0.15, 0.2) is 235 Å². The Hall–Kier alpha value is -12.4. The molecule has 0 bridgehead atoms. The van der Waals surface area contributed by atoms with Crippen molar-refractivity contribution < 1.29 is 0 Å². The van der Waals surface area contributed by atoms with Crippen molar-refractivity contribution in [3.8, 4) is 34.2 Å². The van der Waals surface area contributed by atoms with E-state index >= 15 is 0 Å². The second-order valence-corrected chi connectivity index (χ2v) is 36.2. The molecule has 8 aromatic heterocycles. The first-order valence-electron chi connectivity index (χ1n) is 49.4. The number of benzene rings is 5. The summed E-state index contributed by atoms with van der Waals surface area (Å²) in [7, 11) is 8.42. The molecule has 4 unspecified atom stereocenters. The highest BCUT2D eigenvalue weighted by Gasteiger charge is 2.34. The molecule has 0 saturated heterocycles. The minimum atomic E-state index is 0.314. The zero-order valence-corrected chi connectivity index (χ0v) is 79.4. The molecule has 13 aromatic rings. The molecular weight excluding hydrogens is 1660 g/mol. The molecule has 5 N–H and O–H groups in total. The summed E-state index contributed by atoms with van der Waals surface area (Å²) in [4.78, 5) is 38.2. The lowest BCUT2D eigenvalue weighted by Crippen LogP contribution is -2.41. The molecule has 2 aliphatic heterocycles. The lowest BCUT2D eigenvalue weighted by molar-refractivity contribution is 0.157. The molecule has 0 spiro atoms. The number of hydrogen-bond acceptors (Lipinski definition) is 23. The van der Waals surface area contributed by atoms with Gasteiger partial charge in [0.1, 0.15) is 29.1 Å². The maximum Gasteiger partial charge on any atom is 0.191 e. The number of unbranched alkanes of at least 4 members (excludes halogenated alkanes) is 4. The molecule has 27 heteroatoms. The van der Waals surface area contributed by atoms with Crippen molar-refractivity contribution in [3.05, 3.63) is 310 Å². The summed E-state index contributed by atoms with van der Waals surface area (Å²) in [5, 5.41) is 53.7. The number of aryl methyl sites for hydroxylation is 4. The van der Waals surface area contributed by atoms with Gasteiger partial charge in [0, 0.05) is 115 Å². The number of aromatic nitrogens is 16. The van der Waals surface area contributed by atoms with Crippen LogP contribution in [0, 0.1) is 0 Å². The van der Waals surface area contributed by atoms with Crippen LogP contribution < -0.4 is 26.6 Å². The van der Waals surface area contributed by atoms with Crippen LogP contribution >= 0.6 is 0 Å². The molecule has 5 aromatic carbocycles. The average Bonchev–Trinajstić information content (AvgIpc) is 1.51. The summed E-state index contributed by atoms with van der Waals surface area (Å²) in [5.41, 5.74) is 16.4. The topological polar surface area (TPSA) is 272 Å². The van der Waals surface area contributed by atoms with Gasteiger partial charge >= 0.3 is 0 Å². The first-order valence-corrected chi connectivity index (χ1v) is 49.4. The molecule has 0 amide bonds. The van der Waals surface area contributed by atoms with Gasteiger partial charge in [0.15, 0.2) is 29.4 Å². The fourth-order valence-electron chi connectivity index (χ4n) is 19.6. The van der Waals surface area contributed by atoms with Gasteiger partial charge in [-0.3, -0.25) is 49.5 Å². The van der Waals surface area contributed by atoms with Crippen molar-refractivity contribution in [1.29, 1.82) is 0 Å². The number of fused-ring (bicyclic) bond motifs is 4. The number of hydrogen-bond donors (Lipinski definition) is 5. The molecule has 700 valence electrons. The highest BCUT2D eigenvalue weighted by molar-refractivity contribution is 5.81. The van der Waals surface area contributed by atoms with Crippen LogP contribution in [0.4, 0.5) is 0 Å². The van der Waals surface area contributed by atoms with Crippen molar-refractivity contribution in [1.82, 2.24) is 125 Å². The van der Waals surface area contributed by atoms with E-state index in [0.29, 0.717) is 24.2 Å². The molecule has 0 saturated carbocycles. The Morgan fingerprint density at radius 3 is 1.13 bits per heavy atom. The second kappa shape index (κ2) is 49.5. The van der Waals surface area contributed by atoms with Crippen molar-refractivity contribution in [2.24, 2.45) is 31.1 Å². The van der Waals surface area contributed by atoms with E-state index in [0.717, 1.165) is 295 Å². The SMILES string of the molecule is CCCCn1c(Cc2ccccc2)nnc1CN(C)C1CCCc2cccnc21.Cn1c(CN(CCCCNC2=NCCCN2)C2CCCc3cccnc32)nnc1-c1ccccc1.Cn1c(CN(CCCCNC2=NCCN2)C2CCCc3cccnc32)nnc1-c1ccccc1.Cn1c(CN(CCCCNCc2ccccc2)C2CCCc3cccnc32)nnc1-c1ccccc1. The van der Waals surface area contributed by atoms with Gasteiger partial charge in [0.05, 0.1) is 79.7 Å². The zero-order chi connectivity index (χ0) is 91.7. The summed E-state index contributed by atoms with van der Waals surface area (Å²) >= 11 is 0. The van der Waals surface area contributed by atoms with E-state index in [9.17, 15) is 0 Å². The number of nitrogens with zero attached hydrogens (tertiary/aromatic N) is 22. The summed E-state index contributed by atoms with van der Waals surface area (Å²) in [6, 6.07) is 70.6. The molecule has 134 heavy (non-hydrogen) atoms. The van der Waals surface area contributed by atoms with Gasteiger partial charge < -0.3 is 44.9 Å². The second-order valence-electron chi connectivity index (χ2n) is 36.2. The molecule has 0 fully saturated rings. The van der Waals surface area contributed by atoms with E-state index in [1.807, 2.05) is 79.4 Å². The van der Waals surface area contributed by atoms with Crippen molar-refractivity contribution in [2.75, 3.05) is 72.5 Å². The summed E-state index contributed by atoms with van der Waals surface area (Å²) in [6.07, 6.45) is 32.5. The normalized spacial score (nSPS) is 16.6. The number of aliphatic imine (C=N–C) groups is 2. The van der Waals surface area contributed by atoms with Crippen molar-refractivity contribution >= 4 is 11.9 Å². The molecule has 4 atom stereocenters. The van der Waals surface area contributed by atoms with Crippen molar-refractivity contribution in [2.45, 2.75) is 212 Å². The maximum atomic E-state index is 4.83. The van der Waals surface area contributed by atoms with Crippen LogP contribution in [0.25, 0.3) is 34.2 Å². The van der Waals surface area contributed by atoms with Crippen LogP contribution in [0.3, 0.4) is 0 Å². The Morgan fingerprint density at radius 2 is 0.731 bits per heavy atom. The fraction of sp³-hybridized carbons (Fsp3) is 0.439. The highest BCUT2D eigenvalue weighted by atomic mass is 15.3. The first kappa shape index (κ1) is 94.8. The predicted molar refractivity (Wildman–Crippen MR) is 533 cm³/mol. The Bertz CT molecular complexity index is 5770. The van der Waals surface area contributed by atoms with Gasteiger partial charge in [-0.25, -0.2) is 0 Å². The van der Waals surface area contributed by atoms with Gasteiger partial charge in [-0.2, -0.15) is 0 Å². The average molecular weight is 1800 g/mol. The molecule has 19 rings (SSSR count). The largest absolute Gasteiger partial charge is 0.356 e. The molecule has 27 nitrogen and oxygen atoms in total. The Morgan fingerprint density at radius 1 is 0.358 bits per heavy atom. The lowest BCUT2D eigenvalue weighted by Gasteiger charge is -2.34. The maximum absolute atomic E-state index is 4.83. The Balaban J connectivity index is 0.000000130. The third-order valence-corrected chi connectivity index (χ3v) is 26.9. The van der Waals surface area contributed by atoms with Gasteiger partial charge in [-0.1, -0.05) is 189 Å². The van der Waals surface area contributed by atoms with E-state index < -0.39 is 0 Å². The molecular formula is C107H137N27. The minimum Gasteiger partial charge on any atom is -0.356 e. The molecule has 4 aliphatic carbocycles. The fourth-order valence-corrected chi connectivity index (χ4v) is 19.6. The summed E-state index contributed by atoms with van der Waals surface area (Å²) in [6.45, 7) is 16.9. The smallest absolute Gasteiger partial charge is 0.191 e. The Labute approximate surface area is 792 Å². The van der Waals surface area contributed by atoms with Gasteiger partial charge in [-0.05, 0) is 219 Å². The third kappa shape index (κ3) is 25.8. The number of pyridine rings is 4. The van der Waals surface area contributed by atoms with Gasteiger partial charge in [0.2, 0.25) is 0 Å². The lowest BCUT2D eigenvalue weighted by atomic mass is 9.90. The highest BCUT2D eigenvalue weighted by Crippen LogP contribution is 2.39. The number of nitrogens with one attached hydrogen (secondary N) is 5. The van der Waals surface area contributed by atoms with Crippen LogP contribution in [-0.4, -0.2) is 183 Å². The Kier molecular flexibility index (Phi) is 35.0. The molecule has 10 heterocycles. The van der Waals surface area contributed by atoms with Crippen molar-refractivity contribution in [3.63, 3.8) is 0 Å². The monoisotopic (exact) mass is 1800 g/mol. The quantitative estimate of drug-likeness (QED) is 0.0226. The van der Waals surface area contributed by atoms with Gasteiger partial charge in [-0.15, -0.1) is 40.8 Å². The number of guanidine groups is 2. The minimum absolute atomic E-state index is 0.314. The van der Waals surface area contributed by atoms with Crippen LogP contribution in [0.1, 0.15) is 226 Å². The molecule has 6 aliphatic rings. The third-order valence-electron chi connectivity index (χ3n) is 26.9. The summed E-state index contributed by atoms with van der Waals surface area (Å²) < 4.78 is 8.76. The van der Waals surface area contributed by atoms with E-state index in [-0.39, 0.29) is 0 Å². The van der Waals surface area contributed by atoms with E-state index in [1.54, 1.807) is 0 Å². The predicted octanol–water partition coefficient (Wildman–Crippen LogP) is 16.5. The van der Waals surface area contributed by atoms with Crippen LogP contribution in [-0.2, 0) is 92.5 Å².